The van der Waals surface area contributed by atoms with Crippen LogP contribution in [-0.4, -0.2) is 18.1 Å². The van der Waals surface area contributed by atoms with E-state index in [-0.39, 0.29) is 5.82 Å². The minimum Gasteiger partial charge on any atom is -0.316 e. The first-order chi connectivity index (χ1) is 9.19. The van der Waals surface area contributed by atoms with Crippen molar-refractivity contribution in [3.8, 4) is 0 Å². The van der Waals surface area contributed by atoms with Crippen molar-refractivity contribution >= 4 is 0 Å². The van der Waals surface area contributed by atoms with Crippen molar-refractivity contribution in [2.75, 3.05) is 7.05 Å². The third-order valence-corrected chi connectivity index (χ3v) is 3.36. The summed E-state index contributed by atoms with van der Waals surface area (Å²) in [5.74, 6) is -0.174. The molecule has 0 aliphatic rings. The van der Waals surface area contributed by atoms with E-state index in [1.807, 2.05) is 44.4 Å². The van der Waals surface area contributed by atoms with Crippen LogP contribution < -0.4 is 5.32 Å². The highest BCUT2D eigenvalue weighted by Gasteiger charge is 2.11. The summed E-state index contributed by atoms with van der Waals surface area (Å²) >= 11 is 0. The van der Waals surface area contributed by atoms with Crippen molar-refractivity contribution in [3.05, 3.63) is 65.2 Å². The molecular weight excluding hydrogens is 239 g/mol. The zero-order valence-electron chi connectivity index (χ0n) is 11.4. The molecule has 2 rings (SSSR count). The van der Waals surface area contributed by atoms with Gasteiger partial charge in [-0.25, -0.2) is 4.39 Å². The van der Waals surface area contributed by atoms with Gasteiger partial charge in [0.2, 0.25) is 0 Å². The van der Waals surface area contributed by atoms with Crippen LogP contribution in [0.4, 0.5) is 4.39 Å². The van der Waals surface area contributed by atoms with E-state index in [2.05, 4.69) is 10.3 Å². The topological polar surface area (TPSA) is 24.9 Å². The summed E-state index contributed by atoms with van der Waals surface area (Å²) in [4.78, 5) is 4.34. The van der Waals surface area contributed by atoms with E-state index < -0.39 is 0 Å². The summed E-state index contributed by atoms with van der Waals surface area (Å²) in [6.07, 6.45) is 3.55. The fourth-order valence-electron chi connectivity index (χ4n) is 2.20. The number of hydrogen-bond donors (Lipinski definition) is 1. The number of aromatic nitrogens is 1. The van der Waals surface area contributed by atoms with Gasteiger partial charge in [-0.15, -0.1) is 0 Å². The Balaban J connectivity index is 2.06. The third-order valence-electron chi connectivity index (χ3n) is 3.36. The first-order valence-electron chi connectivity index (χ1n) is 6.51. The van der Waals surface area contributed by atoms with Crippen LogP contribution in [0.1, 0.15) is 16.8 Å². The van der Waals surface area contributed by atoms with E-state index in [0.717, 1.165) is 24.1 Å². The van der Waals surface area contributed by atoms with Gasteiger partial charge in [-0.1, -0.05) is 12.1 Å². The van der Waals surface area contributed by atoms with Crippen molar-refractivity contribution in [2.24, 2.45) is 0 Å². The standard InChI is InChI=1S/C16H19FN2/c1-12-9-14(17)7-6-13(12)10-16(18-2)11-15-5-3-4-8-19-15/h3-9,16,18H,10-11H2,1-2H3. The van der Waals surface area contributed by atoms with Crippen molar-refractivity contribution in [1.82, 2.24) is 10.3 Å². The lowest BCUT2D eigenvalue weighted by molar-refractivity contribution is 0.548. The number of nitrogens with one attached hydrogen (secondary N) is 1. The lowest BCUT2D eigenvalue weighted by atomic mass is 9.98. The van der Waals surface area contributed by atoms with Crippen LogP contribution in [0.3, 0.4) is 0 Å². The first-order valence-corrected chi connectivity index (χ1v) is 6.51. The molecule has 0 aliphatic carbocycles. The molecule has 1 N–H and O–H groups in total. The number of nitrogens with zero attached hydrogens (tertiary/aromatic N) is 1. The highest BCUT2D eigenvalue weighted by Crippen LogP contribution is 2.14. The molecule has 1 aromatic heterocycles. The largest absolute Gasteiger partial charge is 0.316 e. The predicted molar refractivity (Wildman–Crippen MR) is 75.6 cm³/mol. The van der Waals surface area contributed by atoms with Crippen LogP contribution in [0.5, 0.6) is 0 Å². The maximum absolute atomic E-state index is 13.1. The van der Waals surface area contributed by atoms with E-state index >= 15 is 0 Å². The fraction of sp³-hybridized carbons (Fsp3) is 0.312. The van der Waals surface area contributed by atoms with Crippen molar-refractivity contribution in [1.29, 1.82) is 0 Å². The Morgan fingerprint density at radius 1 is 1.21 bits per heavy atom. The monoisotopic (exact) mass is 258 g/mol. The molecule has 1 unspecified atom stereocenters. The molecule has 0 amide bonds. The minimum atomic E-state index is -0.174. The van der Waals surface area contributed by atoms with Gasteiger partial charge in [0.1, 0.15) is 5.82 Å². The van der Waals surface area contributed by atoms with Gasteiger partial charge in [0.05, 0.1) is 0 Å². The molecule has 1 atom stereocenters. The van der Waals surface area contributed by atoms with E-state index in [1.54, 1.807) is 6.07 Å². The summed E-state index contributed by atoms with van der Waals surface area (Å²) in [6, 6.07) is 11.2. The molecule has 0 saturated heterocycles. The van der Waals surface area contributed by atoms with Gasteiger partial charge in [0.25, 0.3) is 0 Å². The Morgan fingerprint density at radius 3 is 2.68 bits per heavy atom. The molecule has 100 valence electrons. The average Bonchev–Trinajstić information content (AvgIpc) is 2.42. The number of pyridine rings is 1. The van der Waals surface area contributed by atoms with Gasteiger partial charge < -0.3 is 5.32 Å². The molecule has 0 aliphatic heterocycles. The second-order valence-electron chi connectivity index (χ2n) is 4.79. The van der Waals surface area contributed by atoms with Crippen molar-refractivity contribution < 1.29 is 4.39 Å². The Hall–Kier alpha value is -1.74. The highest BCUT2D eigenvalue weighted by molar-refractivity contribution is 5.27. The van der Waals surface area contributed by atoms with Crippen LogP contribution in [-0.2, 0) is 12.8 Å². The zero-order valence-corrected chi connectivity index (χ0v) is 11.4. The first kappa shape index (κ1) is 13.7. The number of likely N-dealkylation sites (N-methyl/N-ethyl adjacent to an activating group) is 1. The SMILES string of the molecule is CNC(Cc1ccccn1)Cc1ccc(F)cc1C. The average molecular weight is 258 g/mol. The van der Waals surface area contributed by atoms with E-state index in [4.69, 9.17) is 0 Å². The summed E-state index contributed by atoms with van der Waals surface area (Å²) < 4.78 is 13.1. The molecule has 3 heteroatoms. The second-order valence-corrected chi connectivity index (χ2v) is 4.79. The molecule has 2 aromatic rings. The molecule has 0 bridgehead atoms. The molecule has 0 fully saturated rings. The van der Waals surface area contributed by atoms with E-state index in [1.165, 1.54) is 11.6 Å². The van der Waals surface area contributed by atoms with E-state index in [9.17, 15) is 4.39 Å². The number of aryl methyl sites for hydroxylation is 1. The number of rotatable bonds is 5. The number of hydrogen-bond acceptors (Lipinski definition) is 2. The van der Waals surface area contributed by atoms with Crippen LogP contribution >= 0.6 is 0 Å². The van der Waals surface area contributed by atoms with Gasteiger partial charge in [-0.05, 0) is 55.8 Å². The highest BCUT2D eigenvalue weighted by atomic mass is 19.1. The lowest BCUT2D eigenvalue weighted by Gasteiger charge is -2.17. The molecule has 1 heterocycles. The van der Waals surface area contributed by atoms with Gasteiger partial charge in [0, 0.05) is 24.4 Å². The summed E-state index contributed by atoms with van der Waals surface area (Å²) in [5, 5.41) is 3.31. The molecule has 0 spiro atoms. The third kappa shape index (κ3) is 3.86. The molecule has 1 aromatic carbocycles. The Kier molecular flexibility index (Phi) is 4.63. The van der Waals surface area contributed by atoms with Crippen LogP contribution in [0, 0.1) is 12.7 Å². The molecular formula is C16H19FN2. The quantitative estimate of drug-likeness (QED) is 0.892. The Labute approximate surface area is 113 Å². The van der Waals surface area contributed by atoms with E-state index in [0.29, 0.717) is 6.04 Å². The molecule has 2 nitrogen and oxygen atoms in total. The number of benzene rings is 1. The maximum Gasteiger partial charge on any atom is 0.123 e. The molecule has 0 saturated carbocycles. The van der Waals surface area contributed by atoms with Gasteiger partial charge in [-0.2, -0.15) is 0 Å². The van der Waals surface area contributed by atoms with Crippen LogP contribution in [0.15, 0.2) is 42.6 Å². The lowest BCUT2D eigenvalue weighted by Crippen LogP contribution is -2.30. The minimum absolute atomic E-state index is 0.174. The van der Waals surface area contributed by atoms with Gasteiger partial charge >= 0.3 is 0 Å². The smallest absolute Gasteiger partial charge is 0.123 e. The fourth-order valence-corrected chi connectivity index (χ4v) is 2.20. The van der Waals surface area contributed by atoms with Crippen LogP contribution in [0.2, 0.25) is 0 Å². The zero-order chi connectivity index (χ0) is 13.7. The van der Waals surface area contributed by atoms with Crippen LogP contribution in [0.25, 0.3) is 0 Å². The summed E-state index contributed by atoms with van der Waals surface area (Å²) in [7, 11) is 1.95. The summed E-state index contributed by atoms with van der Waals surface area (Å²) in [6.45, 7) is 1.95. The second kappa shape index (κ2) is 6.43. The van der Waals surface area contributed by atoms with Gasteiger partial charge in [-0.3, -0.25) is 4.98 Å². The van der Waals surface area contributed by atoms with Gasteiger partial charge in [0.15, 0.2) is 0 Å². The number of halogens is 1. The normalized spacial score (nSPS) is 12.4. The molecule has 0 radical (unpaired) electrons. The Bertz CT molecular complexity index is 526. The van der Waals surface area contributed by atoms with Crippen molar-refractivity contribution in [2.45, 2.75) is 25.8 Å². The van der Waals surface area contributed by atoms with Crippen molar-refractivity contribution in [3.63, 3.8) is 0 Å². The molecule has 19 heavy (non-hydrogen) atoms. The Morgan fingerprint density at radius 2 is 2.05 bits per heavy atom. The predicted octanol–water partition coefficient (Wildman–Crippen LogP) is 2.90. The maximum atomic E-state index is 13.1. The summed E-state index contributed by atoms with van der Waals surface area (Å²) in [5.41, 5.74) is 3.25.